The Morgan fingerprint density at radius 1 is 0.732 bits per heavy atom. The van der Waals surface area contributed by atoms with Gasteiger partial charge in [-0.05, 0) is 41.0 Å². The van der Waals surface area contributed by atoms with E-state index in [1.54, 1.807) is 12.1 Å². The van der Waals surface area contributed by atoms with Gasteiger partial charge in [-0.25, -0.2) is 0 Å². The van der Waals surface area contributed by atoms with E-state index < -0.39 is 0 Å². The highest BCUT2D eigenvalue weighted by Crippen LogP contribution is 2.23. The molecule has 2 atom stereocenters. The Morgan fingerprint density at radius 3 is 1.85 bits per heavy atom. The minimum absolute atomic E-state index is 0.195. The van der Waals surface area contributed by atoms with Crippen molar-refractivity contribution in [3.8, 4) is 0 Å². The number of nitrogens with one attached hydrogen (secondary N) is 1. The monoisotopic (exact) mass is 678 g/mol. The van der Waals surface area contributed by atoms with Crippen LogP contribution in [0.2, 0.25) is 0 Å². The van der Waals surface area contributed by atoms with Crippen LogP contribution in [0.25, 0.3) is 0 Å². The first kappa shape index (κ1) is 31.3. The molecule has 6 rings (SSSR count). The Bertz CT molecular complexity index is 1280. The van der Waals surface area contributed by atoms with Crippen LogP contribution in [0, 0.1) is 0 Å². The van der Waals surface area contributed by atoms with Crippen LogP contribution in [0.1, 0.15) is 39.3 Å². The largest absolute Gasteiger partial charge is 0.371 e. The Labute approximate surface area is 260 Å². The molecule has 0 saturated carbocycles. The van der Waals surface area contributed by atoms with E-state index >= 15 is 0 Å². The molecule has 4 aromatic carbocycles. The minimum Gasteiger partial charge on any atom is -0.371 e. The Hall–Kier alpha value is -2.65. The normalized spacial score (nSPS) is 18.7. The van der Waals surface area contributed by atoms with Crippen LogP contribution in [-0.4, -0.2) is 50.6 Å². The maximum absolute atomic E-state index is 10.1. The van der Waals surface area contributed by atoms with Gasteiger partial charge in [0.1, 0.15) is 6.29 Å². The second-order valence-electron chi connectivity index (χ2n) is 9.78. The van der Waals surface area contributed by atoms with Crippen LogP contribution in [0.5, 0.6) is 0 Å². The van der Waals surface area contributed by atoms with Crippen molar-refractivity contribution in [1.82, 2.24) is 10.2 Å². The summed E-state index contributed by atoms with van der Waals surface area (Å²) in [5, 5.41) is 3.31. The first-order valence-electron chi connectivity index (χ1n) is 13.8. The lowest BCUT2D eigenvalue weighted by Crippen LogP contribution is -2.37. The van der Waals surface area contributed by atoms with Crippen LogP contribution >= 0.6 is 31.9 Å². The topological polar surface area (TPSA) is 50.8 Å². The van der Waals surface area contributed by atoms with E-state index in [2.05, 4.69) is 103 Å². The van der Waals surface area contributed by atoms with Gasteiger partial charge in [-0.15, -0.1) is 0 Å². The van der Waals surface area contributed by atoms with E-state index in [4.69, 9.17) is 9.47 Å². The van der Waals surface area contributed by atoms with Gasteiger partial charge in [0.2, 0.25) is 0 Å². The molecule has 41 heavy (non-hydrogen) atoms. The second kappa shape index (κ2) is 17.3. The van der Waals surface area contributed by atoms with Crippen LogP contribution in [0.4, 0.5) is 0 Å². The van der Waals surface area contributed by atoms with Crippen molar-refractivity contribution < 1.29 is 14.3 Å². The van der Waals surface area contributed by atoms with Gasteiger partial charge >= 0.3 is 0 Å². The summed E-state index contributed by atoms with van der Waals surface area (Å²) in [7, 11) is 0. The molecule has 2 heterocycles. The Kier molecular flexibility index (Phi) is 13.2. The maximum atomic E-state index is 10.1. The number of aldehydes is 1. The van der Waals surface area contributed by atoms with Crippen molar-refractivity contribution in [2.45, 2.75) is 18.8 Å². The molecule has 2 aliphatic rings. The third kappa shape index (κ3) is 10.9. The molecular formula is C34H36Br2N2O3. The highest BCUT2D eigenvalue weighted by molar-refractivity contribution is 9.10. The summed E-state index contributed by atoms with van der Waals surface area (Å²) in [5.41, 5.74) is 4.60. The summed E-state index contributed by atoms with van der Waals surface area (Å²) in [4.78, 5) is 12.6. The van der Waals surface area contributed by atoms with Crippen LogP contribution in [0.15, 0.2) is 118 Å². The number of hydrogen-bond donors (Lipinski definition) is 1. The van der Waals surface area contributed by atoms with Gasteiger partial charge in [0.15, 0.2) is 0 Å². The number of ether oxygens (including phenoxy) is 2. The fraction of sp³-hybridized carbons (Fsp3) is 0.265. The number of morpholine rings is 2. The van der Waals surface area contributed by atoms with Gasteiger partial charge in [0, 0.05) is 47.2 Å². The number of carbonyl (C=O) groups excluding carboxylic acids is 1. The van der Waals surface area contributed by atoms with Crippen LogP contribution in [0.3, 0.4) is 0 Å². The van der Waals surface area contributed by atoms with E-state index in [1.807, 2.05) is 36.4 Å². The van der Waals surface area contributed by atoms with E-state index in [0.717, 1.165) is 61.2 Å². The third-order valence-electron chi connectivity index (χ3n) is 6.75. The summed E-state index contributed by atoms with van der Waals surface area (Å²) in [6.45, 7) is 6.47. The fourth-order valence-electron chi connectivity index (χ4n) is 4.55. The average molecular weight is 680 g/mol. The number of carbonyl (C=O) groups is 1. The van der Waals surface area contributed by atoms with Crippen molar-refractivity contribution in [3.63, 3.8) is 0 Å². The maximum Gasteiger partial charge on any atom is 0.150 e. The first-order chi connectivity index (χ1) is 20.1. The lowest BCUT2D eigenvalue weighted by atomic mass is 10.1. The number of benzene rings is 4. The van der Waals surface area contributed by atoms with Gasteiger partial charge in [0.05, 0.1) is 25.4 Å². The van der Waals surface area contributed by atoms with Gasteiger partial charge in [-0.2, -0.15) is 0 Å². The summed E-state index contributed by atoms with van der Waals surface area (Å²) in [6, 6.07) is 36.6. The summed E-state index contributed by atoms with van der Waals surface area (Å²) >= 11 is 6.74. The first-order valence-corrected chi connectivity index (χ1v) is 15.4. The predicted molar refractivity (Wildman–Crippen MR) is 172 cm³/mol. The summed E-state index contributed by atoms with van der Waals surface area (Å²) in [6.07, 6.45) is 1.27. The number of nitrogens with zero attached hydrogens (tertiary/aromatic N) is 1. The molecule has 5 nitrogen and oxygen atoms in total. The Balaban J connectivity index is 0.000000156. The zero-order valence-corrected chi connectivity index (χ0v) is 26.2. The highest BCUT2D eigenvalue weighted by Gasteiger charge is 2.21. The van der Waals surface area contributed by atoms with Gasteiger partial charge < -0.3 is 14.8 Å². The molecule has 2 unspecified atom stereocenters. The molecule has 0 amide bonds. The lowest BCUT2D eigenvalue weighted by Gasteiger charge is -2.33. The molecule has 7 heteroatoms. The van der Waals surface area contributed by atoms with Crippen molar-refractivity contribution in [3.05, 3.63) is 140 Å². The number of rotatable bonds is 5. The molecule has 2 aliphatic heterocycles. The second-order valence-corrected chi connectivity index (χ2v) is 11.6. The zero-order chi connectivity index (χ0) is 28.7. The van der Waals surface area contributed by atoms with Crippen molar-refractivity contribution >= 4 is 38.1 Å². The van der Waals surface area contributed by atoms with Gasteiger partial charge in [-0.1, -0.05) is 117 Å². The molecule has 0 spiro atoms. The van der Waals surface area contributed by atoms with E-state index in [1.165, 1.54) is 16.7 Å². The quantitative estimate of drug-likeness (QED) is 0.220. The average Bonchev–Trinajstić information content (AvgIpc) is 3.05. The third-order valence-corrected chi connectivity index (χ3v) is 7.80. The highest BCUT2D eigenvalue weighted by atomic mass is 79.9. The molecule has 2 fully saturated rings. The molecule has 1 N–H and O–H groups in total. The zero-order valence-electron chi connectivity index (χ0n) is 23.0. The number of halogens is 2. The van der Waals surface area contributed by atoms with E-state index in [-0.39, 0.29) is 12.2 Å². The molecular weight excluding hydrogens is 644 g/mol. The molecule has 0 aromatic heterocycles. The van der Waals surface area contributed by atoms with Crippen LogP contribution in [-0.2, 0) is 16.0 Å². The fourth-order valence-corrected chi connectivity index (χ4v) is 5.08. The van der Waals surface area contributed by atoms with Crippen molar-refractivity contribution in [1.29, 1.82) is 0 Å². The molecule has 0 aliphatic carbocycles. The number of hydrogen-bond acceptors (Lipinski definition) is 5. The van der Waals surface area contributed by atoms with Gasteiger partial charge in [-0.3, -0.25) is 9.69 Å². The molecule has 214 valence electrons. The van der Waals surface area contributed by atoms with Crippen molar-refractivity contribution in [2.75, 3.05) is 39.4 Å². The lowest BCUT2D eigenvalue weighted by molar-refractivity contribution is -0.0329. The molecule has 4 aromatic rings. The molecule has 0 bridgehead atoms. The van der Waals surface area contributed by atoms with Crippen molar-refractivity contribution in [2.24, 2.45) is 0 Å². The van der Waals surface area contributed by atoms with E-state index in [9.17, 15) is 4.79 Å². The minimum atomic E-state index is 0.195. The van der Waals surface area contributed by atoms with Crippen LogP contribution < -0.4 is 5.32 Å². The van der Waals surface area contributed by atoms with Gasteiger partial charge in [0.25, 0.3) is 0 Å². The smallest absolute Gasteiger partial charge is 0.150 e. The Morgan fingerprint density at radius 2 is 1.29 bits per heavy atom. The summed E-state index contributed by atoms with van der Waals surface area (Å²) in [5.74, 6) is 0. The molecule has 0 radical (unpaired) electrons. The van der Waals surface area contributed by atoms with E-state index in [0.29, 0.717) is 5.56 Å². The summed E-state index contributed by atoms with van der Waals surface area (Å²) < 4.78 is 13.6. The molecule has 2 saturated heterocycles. The standard InChI is InChI=1S/C17H18BrNO.C10H13NO.C7H5BrO/c18-16-8-6-14(7-9-16)12-19-10-11-20-17(13-19)15-4-2-1-3-5-15;1-2-4-9(5-3-1)10-8-11-6-7-12-10;8-7-3-1-6(5-9)2-4-7/h1-9,17H,10-13H2;1-5,10-11H,6-8H2;1-5H. The SMILES string of the molecule is Brc1ccc(CN2CCOC(c3ccccc3)C2)cc1.O=Cc1ccc(Br)cc1.c1ccc(C2CNCCO2)cc1. The predicted octanol–water partition coefficient (Wildman–Crippen LogP) is 7.63.